The third-order valence-corrected chi connectivity index (χ3v) is 5.76. The fourth-order valence-electron chi connectivity index (χ4n) is 4.24. The normalized spacial score (nSPS) is 19.3. The molecule has 3 aromatic rings. The molecule has 2 aliphatic heterocycles. The van der Waals surface area contributed by atoms with E-state index in [1.165, 1.54) is 16.7 Å². The molecule has 5 rings (SSSR count). The van der Waals surface area contributed by atoms with Crippen LogP contribution in [0.2, 0.25) is 0 Å². The highest BCUT2D eigenvalue weighted by Gasteiger charge is 2.20. The molecule has 0 aliphatic carbocycles. The Morgan fingerprint density at radius 2 is 2.11 bits per heavy atom. The lowest BCUT2D eigenvalue weighted by Gasteiger charge is -2.27. The Balaban J connectivity index is 1.45. The molecular formula is C22H25N3O2. The van der Waals surface area contributed by atoms with Crippen molar-refractivity contribution in [2.75, 3.05) is 31.7 Å². The van der Waals surface area contributed by atoms with Crippen LogP contribution in [0.15, 0.2) is 36.7 Å². The minimum atomic E-state index is 0.272. The van der Waals surface area contributed by atoms with Crippen molar-refractivity contribution in [2.24, 2.45) is 0 Å². The Kier molecular flexibility index (Phi) is 4.05. The first-order valence-corrected chi connectivity index (χ1v) is 9.73. The topological polar surface area (TPSA) is 39.5 Å². The quantitative estimate of drug-likeness (QED) is 0.703. The van der Waals surface area contributed by atoms with Crippen molar-refractivity contribution in [3.63, 3.8) is 0 Å². The molecule has 140 valence electrons. The first-order valence-electron chi connectivity index (χ1n) is 9.73. The molecule has 0 saturated carbocycles. The van der Waals surface area contributed by atoms with Crippen molar-refractivity contribution in [3.05, 3.63) is 53.3 Å². The summed E-state index contributed by atoms with van der Waals surface area (Å²) >= 11 is 0. The van der Waals surface area contributed by atoms with Gasteiger partial charge >= 0.3 is 0 Å². The molecule has 0 bridgehead atoms. The van der Waals surface area contributed by atoms with E-state index in [-0.39, 0.29) is 6.10 Å². The van der Waals surface area contributed by atoms with Crippen LogP contribution in [-0.4, -0.2) is 36.4 Å². The van der Waals surface area contributed by atoms with Gasteiger partial charge in [-0.2, -0.15) is 0 Å². The molecular weight excluding hydrogens is 338 g/mol. The number of hydrogen-bond acceptors (Lipinski definition) is 4. The number of ether oxygens (including phenoxy) is 2. The van der Waals surface area contributed by atoms with Crippen LogP contribution in [0.5, 0.6) is 5.75 Å². The van der Waals surface area contributed by atoms with Crippen LogP contribution >= 0.6 is 0 Å². The van der Waals surface area contributed by atoms with Gasteiger partial charge in [-0.1, -0.05) is 18.2 Å². The van der Waals surface area contributed by atoms with E-state index in [0.717, 1.165) is 61.6 Å². The highest BCUT2D eigenvalue weighted by atomic mass is 16.5. The zero-order valence-corrected chi connectivity index (χ0v) is 15.9. The number of aryl methyl sites for hydroxylation is 1. The first kappa shape index (κ1) is 16.6. The standard InChI is InChI=1S/C22H25N3O2/c1-15-10-16(5-6-17(15)21-4-3-8-26-21)13-25-14-23-18-11-20-22(12-19(18)25)27-9-7-24(20)2/h5-6,10-12,14,21H,3-4,7-9,13H2,1-2H3. The average molecular weight is 363 g/mol. The minimum absolute atomic E-state index is 0.272. The monoisotopic (exact) mass is 363 g/mol. The number of benzene rings is 2. The Hall–Kier alpha value is -2.53. The maximum atomic E-state index is 5.87. The molecule has 1 aromatic heterocycles. The van der Waals surface area contributed by atoms with Gasteiger partial charge in [0.2, 0.25) is 0 Å². The molecule has 2 aliphatic rings. The highest BCUT2D eigenvalue weighted by Crippen LogP contribution is 2.35. The zero-order chi connectivity index (χ0) is 18.4. The molecule has 0 N–H and O–H groups in total. The third-order valence-electron chi connectivity index (χ3n) is 5.76. The Morgan fingerprint density at radius 1 is 1.19 bits per heavy atom. The summed E-state index contributed by atoms with van der Waals surface area (Å²) in [5.41, 5.74) is 7.17. The predicted molar refractivity (Wildman–Crippen MR) is 107 cm³/mol. The Bertz CT molecular complexity index is 989. The number of imidazole rings is 1. The van der Waals surface area contributed by atoms with Crippen LogP contribution in [0.4, 0.5) is 5.69 Å². The SMILES string of the molecule is Cc1cc(Cn2cnc3cc4c(cc32)OCCN4C)ccc1C1CCCO1. The summed E-state index contributed by atoms with van der Waals surface area (Å²) in [6, 6.07) is 11.0. The molecule has 27 heavy (non-hydrogen) atoms. The van der Waals surface area contributed by atoms with Gasteiger partial charge in [-0.15, -0.1) is 0 Å². The molecule has 0 radical (unpaired) electrons. The zero-order valence-electron chi connectivity index (χ0n) is 15.9. The summed E-state index contributed by atoms with van der Waals surface area (Å²) in [7, 11) is 2.10. The van der Waals surface area contributed by atoms with E-state index in [9.17, 15) is 0 Å². The van der Waals surface area contributed by atoms with Crippen LogP contribution in [0, 0.1) is 6.92 Å². The fraction of sp³-hybridized carbons (Fsp3) is 0.409. The van der Waals surface area contributed by atoms with Crippen LogP contribution in [0.25, 0.3) is 11.0 Å². The van der Waals surface area contributed by atoms with Gasteiger partial charge in [0, 0.05) is 26.3 Å². The second kappa shape index (κ2) is 6.57. The van der Waals surface area contributed by atoms with E-state index in [2.05, 4.69) is 58.8 Å². The second-order valence-electron chi connectivity index (χ2n) is 7.64. The van der Waals surface area contributed by atoms with Gasteiger partial charge in [0.05, 0.1) is 35.7 Å². The van der Waals surface area contributed by atoms with Gasteiger partial charge in [-0.05, 0) is 42.5 Å². The number of rotatable bonds is 3. The van der Waals surface area contributed by atoms with E-state index in [1.54, 1.807) is 0 Å². The van der Waals surface area contributed by atoms with Gasteiger partial charge in [0.15, 0.2) is 0 Å². The molecule has 1 unspecified atom stereocenters. The summed E-state index contributed by atoms with van der Waals surface area (Å²) < 4.78 is 13.9. The maximum Gasteiger partial charge on any atom is 0.144 e. The molecule has 0 amide bonds. The van der Waals surface area contributed by atoms with Crippen molar-refractivity contribution >= 4 is 16.7 Å². The average Bonchev–Trinajstić information content (AvgIpc) is 3.32. The molecule has 1 atom stereocenters. The summed E-state index contributed by atoms with van der Waals surface area (Å²) in [5.74, 6) is 0.947. The van der Waals surface area contributed by atoms with E-state index >= 15 is 0 Å². The molecule has 5 nitrogen and oxygen atoms in total. The van der Waals surface area contributed by atoms with Crippen LogP contribution in [0.3, 0.4) is 0 Å². The van der Waals surface area contributed by atoms with E-state index in [4.69, 9.17) is 9.47 Å². The first-order chi connectivity index (χ1) is 13.2. The molecule has 1 fully saturated rings. The number of likely N-dealkylation sites (N-methyl/N-ethyl adjacent to an activating group) is 1. The van der Waals surface area contributed by atoms with Gasteiger partial charge in [0.1, 0.15) is 12.4 Å². The van der Waals surface area contributed by atoms with Crippen molar-refractivity contribution in [2.45, 2.75) is 32.4 Å². The van der Waals surface area contributed by atoms with Crippen LogP contribution < -0.4 is 9.64 Å². The largest absolute Gasteiger partial charge is 0.489 e. The lowest BCUT2D eigenvalue weighted by Crippen LogP contribution is -2.28. The van der Waals surface area contributed by atoms with Crippen LogP contribution in [-0.2, 0) is 11.3 Å². The summed E-state index contributed by atoms with van der Waals surface area (Å²) in [5, 5.41) is 0. The summed E-state index contributed by atoms with van der Waals surface area (Å²) in [6.45, 7) is 5.52. The van der Waals surface area contributed by atoms with Gasteiger partial charge in [-0.3, -0.25) is 0 Å². The molecule has 2 aromatic carbocycles. The lowest BCUT2D eigenvalue weighted by atomic mass is 9.99. The van der Waals surface area contributed by atoms with Crippen molar-refractivity contribution in [1.82, 2.24) is 9.55 Å². The van der Waals surface area contributed by atoms with E-state index in [1.807, 2.05) is 6.33 Å². The second-order valence-corrected chi connectivity index (χ2v) is 7.64. The molecule has 5 heteroatoms. The van der Waals surface area contributed by atoms with Crippen LogP contribution in [0.1, 0.15) is 35.6 Å². The summed E-state index contributed by atoms with van der Waals surface area (Å²) in [6.07, 6.45) is 4.49. The number of hydrogen-bond donors (Lipinski definition) is 0. The van der Waals surface area contributed by atoms with E-state index in [0.29, 0.717) is 0 Å². The van der Waals surface area contributed by atoms with Crippen molar-refractivity contribution in [1.29, 1.82) is 0 Å². The summed E-state index contributed by atoms with van der Waals surface area (Å²) in [4.78, 5) is 6.85. The minimum Gasteiger partial charge on any atom is -0.489 e. The van der Waals surface area contributed by atoms with Gasteiger partial charge in [-0.25, -0.2) is 4.98 Å². The number of nitrogens with zero attached hydrogens (tertiary/aromatic N) is 3. The maximum absolute atomic E-state index is 5.87. The van der Waals surface area contributed by atoms with Gasteiger partial charge < -0.3 is 18.9 Å². The van der Waals surface area contributed by atoms with Crippen molar-refractivity contribution < 1.29 is 9.47 Å². The Morgan fingerprint density at radius 3 is 2.93 bits per heavy atom. The number of fused-ring (bicyclic) bond motifs is 2. The predicted octanol–water partition coefficient (Wildman–Crippen LogP) is 4.07. The fourth-order valence-corrected chi connectivity index (χ4v) is 4.24. The molecule has 0 spiro atoms. The smallest absolute Gasteiger partial charge is 0.144 e. The third kappa shape index (κ3) is 2.96. The number of aromatic nitrogens is 2. The van der Waals surface area contributed by atoms with Gasteiger partial charge in [0.25, 0.3) is 0 Å². The Labute approximate surface area is 159 Å². The highest BCUT2D eigenvalue weighted by molar-refractivity contribution is 5.84. The molecule has 3 heterocycles. The van der Waals surface area contributed by atoms with Crippen molar-refractivity contribution in [3.8, 4) is 5.75 Å². The van der Waals surface area contributed by atoms with E-state index < -0.39 is 0 Å². The lowest BCUT2D eigenvalue weighted by molar-refractivity contribution is 0.111. The number of anilines is 1. The molecule has 1 saturated heterocycles.